The summed E-state index contributed by atoms with van der Waals surface area (Å²) in [6.07, 6.45) is 34.9. The van der Waals surface area contributed by atoms with Crippen LogP contribution in [0.25, 0.3) is 0 Å². The summed E-state index contributed by atoms with van der Waals surface area (Å²) in [6.45, 7) is 3.32. The molecule has 3 N–H and O–H groups in total. The quantitative estimate of drug-likeness (QED) is 0.0260. The summed E-state index contributed by atoms with van der Waals surface area (Å²) in [5.41, 5.74) is 0. The topological polar surface area (TPSA) is 131 Å². The molecule has 0 aliphatic heterocycles. The molecule has 0 aromatic carbocycles. The summed E-state index contributed by atoms with van der Waals surface area (Å²) >= 11 is 0. The lowest BCUT2D eigenvalue weighted by Crippen LogP contribution is -2.27. The first-order valence-corrected chi connectivity index (χ1v) is 20.3. The van der Waals surface area contributed by atoms with Gasteiger partial charge in [0.15, 0.2) is 0 Å². The number of hydrogen-bond donors (Lipinski definition) is 3. The lowest BCUT2D eigenvalue weighted by atomic mass is 10.0. The molecule has 0 aromatic rings. The highest BCUT2D eigenvalue weighted by molar-refractivity contribution is 7.47. The molecule has 276 valence electrons. The number of nitrogens with one attached hydrogen (secondary N) is 1. The Labute approximate surface area is 287 Å². The highest BCUT2D eigenvalue weighted by atomic mass is 31.2. The van der Waals surface area contributed by atoms with Gasteiger partial charge < -0.3 is 20.1 Å². The summed E-state index contributed by atoms with van der Waals surface area (Å²) in [5.74, 6) is -0.541. The Hall–Kier alpha value is -1.51. The Kier molecular flexibility index (Phi) is 33.3. The Bertz CT molecular complexity index is 835. The van der Waals surface area contributed by atoms with E-state index < -0.39 is 26.5 Å². The molecule has 0 saturated carbocycles. The largest absolute Gasteiger partial charge is 0.472 e. The predicted octanol–water partition coefficient (Wildman–Crippen LogP) is 9.65. The van der Waals surface area contributed by atoms with Gasteiger partial charge in [0.2, 0.25) is 5.91 Å². The number of hydrogen-bond acceptors (Lipinski definition) is 7. The molecular weight excluding hydrogens is 617 g/mol. The predicted molar refractivity (Wildman–Crippen MR) is 192 cm³/mol. The van der Waals surface area contributed by atoms with Gasteiger partial charge in [0, 0.05) is 19.4 Å². The van der Waals surface area contributed by atoms with Gasteiger partial charge in [0.25, 0.3) is 0 Å². The highest BCUT2D eigenvalue weighted by Gasteiger charge is 2.23. The third-order valence-electron chi connectivity index (χ3n) is 7.88. The molecule has 0 spiro atoms. The second kappa shape index (κ2) is 34.4. The van der Waals surface area contributed by atoms with Crippen LogP contribution < -0.4 is 5.32 Å². The molecule has 0 aliphatic carbocycles. The number of allylic oxidation sites excluding steroid dienone is 4. The summed E-state index contributed by atoms with van der Waals surface area (Å²) in [7, 11) is -4.39. The van der Waals surface area contributed by atoms with Crippen LogP contribution in [0.2, 0.25) is 0 Å². The van der Waals surface area contributed by atoms with Gasteiger partial charge in [-0.25, -0.2) is 4.57 Å². The Balaban J connectivity index is 3.49. The molecule has 0 saturated heterocycles. The van der Waals surface area contributed by atoms with Crippen molar-refractivity contribution in [3.05, 3.63) is 24.3 Å². The van der Waals surface area contributed by atoms with Gasteiger partial charge in [-0.05, 0) is 44.9 Å². The fourth-order valence-corrected chi connectivity index (χ4v) is 5.75. The molecule has 9 nitrogen and oxygen atoms in total. The lowest BCUT2D eigenvalue weighted by Gasteiger charge is -2.15. The molecular formula is C37H70NO8P. The van der Waals surface area contributed by atoms with E-state index in [9.17, 15) is 24.2 Å². The summed E-state index contributed by atoms with van der Waals surface area (Å²) in [5, 5.41) is 12.5. The second-order valence-corrected chi connectivity index (χ2v) is 14.0. The number of rotatable bonds is 35. The molecule has 0 heterocycles. The van der Waals surface area contributed by atoms with Crippen molar-refractivity contribution >= 4 is 19.7 Å². The van der Waals surface area contributed by atoms with Gasteiger partial charge in [-0.3, -0.25) is 18.6 Å². The van der Waals surface area contributed by atoms with Crippen molar-refractivity contribution < 1.29 is 37.9 Å². The number of aliphatic hydroxyl groups excluding tert-OH is 1. The minimum atomic E-state index is -4.39. The fourth-order valence-electron chi connectivity index (χ4n) is 5.00. The molecule has 1 amide bonds. The van der Waals surface area contributed by atoms with Crippen LogP contribution in [-0.4, -0.2) is 54.3 Å². The molecule has 10 heteroatoms. The van der Waals surface area contributed by atoms with Crippen molar-refractivity contribution in [1.82, 2.24) is 5.32 Å². The van der Waals surface area contributed by atoms with Crippen LogP contribution in [0.3, 0.4) is 0 Å². The number of carbonyl (C=O) groups is 2. The monoisotopic (exact) mass is 687 g/mol. The van der Waals surface area contributed by atoms with Crippen molar-refractivity contribution in [2.75, 3.05) is 26.4 Å². The maximum Gasteiger partial charge on any atom is 0.472 e. The maximum absolute atomic E-state index is 12.0. The van der Waals surface area contributed by atoms with Crippen molar-refractivity contribution in [2.24, 2.45) is 0 Å². The molecule has 0 aliphatic rings. The van der Waals surface area contributed by atoms with Crippen molar-refractivity contribution in [1.29, 1.82) is 0 Å². The van der Waals surface area contributed by atoms with E-state index in [1.807, 2.05) is 6.92 Å². The van der Waals surface area contributed by atoms with Gasteiger partial charge in [0.1, 0.15) is 12.7 Å². The van der Waals surface area contributed by atoms with Crippen molar-refractivity contribution in [2.45, 2.75) is 174 Å². The number of esters is 1. The normalized spacial score (nSPS) is 13.7. The van der Waals surface area contributed by atoms with E-state index in [1.54, 1.807) is 0 Å². The lowest BCUT2D eigenvalue weighted by molar-refractivity contribution is -0.147. The Morgan fingerprint density at radius 2 is 1.15 bits per heavy atom. The van der Waals surface area contributed by atoms with Crippen molar-refractivity contribution in [3.8, 4) is 0 Å². The number of amides is 1. The first-order chi connectivity index (χ1) is 22.8. The van der Waals surface area contributed by atoms with Crippen LogP contribution in [0.15, 0.2) is 24.3 Å². The number of phosphoric ester groups is 1. The van der Waals surface area contributed by atoms with Gasteiger partial charge in [-0.15, -0.1) is 0 Å². The fraction of sp³-hybridized carbons (Fsp3) is 0.838. The van der Waals surface area contributed by atoms with Gasteiger partial charge in [0.05, 0.1) is 13.2 Å². The first kappa shape index (κ1) is 45.5. The highest BCUT2D eigenvalue weighted by Crippen LogP contribution is 2.42. The van der Waals surface area contributed by atoms with Crippen molar-refractivity contribution in [3.63, 3.8) is 0 Å². The molecule has 0 fully saturated rings. The molecule has 2 unspecified atom stereocenters. The van der Waals surface area contributed by atoms with Gasteiger partial charge in [-0.2, -0.15) is 0 Å². The summed E-state index contributed by atoms with van der Waals surface area (Å²) in [4.78, 5) is 33.3. The van der Waals surface area contributed by atoms with Crippen LogP contribution in [-0.2, 0) is 27.9 Å². The molecule has 47 heavy (non-hydrogen) atoms. The Morgan fingerprint density at radius 1 is 0.660 bits per heavy atom. The van der Waals surface area contributed by atoms with E-state index in [2.05, 4.69) is 36.5 Å². The van der Waals surface area contributed by atoms with Crippen LogP contribution in [0.1, 0.15) is 168 Å². The number of phosphoric acid groups is 1. The SMILES string of the molecule is CCCCC/C=C\C/C=C\CCCCCCCCCCCCCCCC(=O)NCCOP(=O)(O)OCC(O)COC(=O)CCCCC. The van der Waals surface area contributed by atoms with E-state index in [0.717, 1.165) is 44.9 Å². The standard InChI is InChI=1S/C37H70NO8P/c1-3-5-7-8-9-10-11-12-13-14-15-16-17-18-19-20-21-22-23-24-25-26-28-29-36(40)38-31-32-45-47(42,43)46-34-35(39)33-44-37(41)30-27-6-4-2/h9-10,12-13,35,39H,3-8,11,14-34H2,1-2H3,(H,38,40)(H,42,43)/b10-9-,13-12-. The Morgan fingerprint density at radius 3 is 1.72 bits per heavy atom. The van der Waals surface area contributed by atoms with Gasteiger partial charge in [-0.1, -0.05) is 134 Å². The summed E-state index contributed by atoms with van der Waals surface area (Å²) < 4.78 is 26.4. The van der Waals surface area contributed by atoms with E-state index >= 15 is 0 Å². The van der Waals surface area contributed by atoms with Crippen LogP contribution >= 0.6 is 7.82 Å². The van der Waals surface area contributed by atoms with E-state index in [1.165, 1.54) is 96.3 Å². The molecule has 0 radical (unpaired) electrons. The van der Waals surface area contributed by atoms with E-state index in [-0.39, 0.29) is 32.1 Å². The van der Waals surface area contributed by atoms with Crippen LogP contribution in [0, 0.1) is 0 Å². The maximum atomic E-state index is 12.0. The minimum Gasteiger partial charge on any atom is -0.463 e. The number of carbonyl (C=O) groups excluding carboxylic acids is 2. The van der Waals surface area contributed by atoms with Crippen LogP contribution in [0.5, 0.6) is 0 Å². The number of ether oxygens (including phenoxy) is 1. The van der Waals surface area contributed by atoms with Crippen LogP contribution in [0.4, 0.5) is 0 Å². The summed E-state index contributed by atoms with van der Waals surface area (Å²) in [6, 6.07) is 0. The zero-order valence-electron chi connectivity index (χ0n) is 30.0. The third-order valence-corrected chi connectivity index (χ3v) is 8.87. The number of unbranched alkanes of at least 4 members (excludes halogenated alkanes) is 18. The molecule has 0 bridgehead atoms. The first-order valence-electron chi connectivity index (χ1n) is 18.8. The molecule has 2 atom stereocenters. The molecule has 0 aromatic heterocycles. The second-order valence-electron chi connectivity index (χ2n) is 12.6. The minimum absolute atomic E-state index is 0.0827. The average Bonchev–Trinajstić information content (AvgIpc) is 3.05. The zero-order chi connectivity index (χ0) is 34.7. The third kappa shape index (κ3) is 35.6. The average molecular weight is 688 g/mol. The zero-order valence-corrected chi connectivity index (χ0v) is 30.9. The van der Waals surface area contributed by atoms with E-state index in [0.29, 0.717) is 6.42 Å². The van der Waals surface area contributed by atoms with Gasteiger partial charge >= 0.3 is 13.8 Å². The van der Waals surface area contributed by atoms with E-state index in [4.69, 9.17) is 13.8 Å². The number of aliphatic hydroxyl groups is 1. The smallest absolute Gasteiger partial charge is 0.463 e. The molecule has 0 rings (SSSR count).